The van der Waals surface area contributed by atoms with Gasteiger partial charge in [0.05, 0.1) is 12.5 Å². The normalized spacial score (nSPS) is 18.9. The molecule has 7 heteroatoms. The Labute approximate surface area is 137 Å². The van der Waals surface area contributed by atoms with Crippen molar-refractivity contribution in [3.63, 3.8) is 0 Å². The summed E-state index contributed by atoms with van der Waals surface area (Å²) in [5, 5.41) is 14.8. The lowest BCUT2D eigenvalue weighted by Gasteiger charge is -2.17. The molecule has 2 rings (SSSR count). The van der Waals surface area contributed by atoms with Crippen molar-refractivity contribution in [1.82, 2.24) is 5.32 Å². The van der Waals surface area contributed by atoms with Gasteiger partial charge in [-0.3, -0.25) is 9.59 Å². The summed E-state index contributed by atoms with van der Waals surface area (Å²) in [7, 11) is 0. The van der Waals surface area contributed by atoms with E-state index >= 15 is 0 Å². The number of halogens is 1. The monoisotopic (exact) mass is 370 g/mol. The Kier molecular flexibility index (Phi) is 6.35. The predicted octanol–water partition coefficient (Wildman–Crippen LogP) is 2.00. The predicted molar refractivity (Wildman–Crippen MR) is 85.8 cm³/mol. The second-order valence-corrected chi connectivity index (χ2v) is 6.11. The molecule has 1 aliphatic heterocycles. The van der Waals surface area contributed by atoms with Gasteiger partial charge in [0.2, 0.25) is 5.91 Å². The number of carbonyl (C=O) groups excluding carboxylic acids is 1. The second-order valence-electron chi connectivity index (χ2n) is 5.19. The Morgan fingerprint density at radius 2 is 2.09 bits per heavy atom. The first-order valence-electron chi connectivity index (χ1n) is 7.18. The Hall–Kier alpha value is -1.44. The number of nitrogens with one attached hydrogen (secondary N) is 2. The first kappa shape index (κ1) is 16.9. The van der Waals surface area contributed by atoms with Gasteiger partial charge in [0.15, 0.2) is 0 Å². The van der Waals surface area contributed by atoms with Crippen molar-refractivity contribution < 1.29 is 19.4 Å². The van der Waals surface area contributed by atoms with Crippen LogP contribution in [0.4, 0.5) is 5.69 Å². The Balaban J connectivity index is 1.82. The fraction of sp³-hybridized carbons (Fsp3) is 0.467. The first-order valence-corrected chi connectivity index (χ1v) is 7.97. The van der Waals surface area contributed by atoms with Gasteiger partial charge in [0.1, 0.15) is 6.04 Å². The van der Waals surface area contributed by atoms with Crippen molar-refractivity contribution in [2.75, 3.05) is 18.5 Å². The molecule has 1 heterocycles. The molecule has 0 aromatic heterocycles. The molecule has 1 amide bonds. The fourth-order valence-corrected chi connectivity index (χ4v) is 2.52. The van der Waals surface area contributed by atoms with Crippen LogP contribution >= 0.6 is 15.9 Å². The summed E-state index contributed by atoms with van der Waals surface area (Å²) in [6.45, 7) is 1.16. The number of anilines is 1. The number of amides is 1. The lowest BCUT2D eigenvalue weighted by molar-refractivity contribution is -0.141. The Morgan fingerprint density at radius 3 is 2.68 bits per heavy atom. The van der Waals surface area contributed by atoms with Crippen LogP contribution in [0.25, 0.3) is 0 Å². The number of benzene rings is 1. The summed E-state index contributed by atoms with van der Waals surface area (Å²) < 4.78 is 6.34. The van der Waals surface area contributed by atoms with Gasteiger partial charge in [0, 0.05) is 23.3 Å². The van der Waals surface area contributed by atoms with Crippen LogP contribution in [-0.2, 0) is 14.3 Å². The zero-order chi connectivity index (χ0) is 15.9. The van der Waals surface area contributed by atoms with Gasteiger partial charge in [-0.15, -0.1) is 0 Å². The number of ether oxygens (including phenoxy) is 1. The third-order valence-corrected chi connectivity index (χ3v) is 3.96. The van der Waals surface area contributed by atoms with Gasteiger partial charge in [-0.05, 0) is 37.1 Å². The summed E-state index contributed by atoms with van der Waals surface area (Å²) in [5.74, 6) is -1.38. The number of carboxylic acid groups (broad SMARTS) is 1. The average Bonchev–Trinajstić information content (AvgIpc) is 2.99. The van der Waals surface area contributed by atoms with E-state index in [9.17, 15) is 14.7 Å². The standard InChI is InChI=1S/C15H19BrN2O4/c16-10-3-5-11(6-4-10)18-14(19)8-13(15(20)21)17-9-12-2-1-7-22-12/h3-6,12-13,17H,1-2,7-9H2,(H,18,19)(H,20,21)/t12-,13+/m0/s1. The molecule has 0 bridgehead atoms. The largest absolute Gasteiger partial charge is 0.480 e. The number of carboxylic acids is 1. The Bertz CT molecular complexity index is 515. The molecule has 120 valence electrons. The summed E-state index contributed by atoms with van der Waals surface area (Å²) >= 11 is 3.31. The molecule has 0 radical (unpaired) electrons. The van der Waals surface area contributed by atoms with Crippen molar-refractivity contribution in [2.45, 2.75) is 31.4 Å². The van der Waals surface area contributed by atoms with E-state index in [0.717, 1.165) is 17.3 Å². The van der Waals surface area contributed by atoms with Crippen molar-refractivity contribution in [3.05, 3.63) is 28.7 Å². The van der Waals surface area contributed by atoms with Gasteiger partial charge in [-0.25, -0.2) is 0 Å². The van der Waals surface area contributed by atoms with E-state index in [0.29, 0.717) is 18.8 Å². The minimum absolute atomic E-state index is 0.0383. The molecule has 1 aliphatic rings. The maximum absolute atomic E-state index is 12.0. The summed E-state index contributed by atoms with van der Waals surface area (Å²) in [6.07, 6.45) is 1.83. The molecule has 1 fully saturated rings. The average molecular weight is 371 g/mol. The number of aliphatic carboxylic acids is 1. The van der Waals surface area contributed by atoms with Crippen LogP contribution in [0.5, 0.6) is 0 Å². The van der Waals surface area contributed by atoms with E-state index in [2.05, 4.69) is 26.6 Å². The maximum atomic E-state index is 12.0. The molecule has 0 saturated carbocycles. The summed E-state index contributed by atoms with van der Waals surface area (Å²) in [5.41, 5.74) is 0.636. The van der Waals surface area contributed by atoms with Crippen molar-refractivity contribution in [2.24, 2.45) is 0 Å². The summed E-state index contributed by atoms with van der Waals surface area (Å²) in [4.78, 5) is 23.2. The highest BCUT2D eigenvalue weighted by molar-refractivity contribution is 9.10. The van der Waals surface area contributed by atoms with Crippen molar-refractivity contribution in [3.8, 4) is 0 Å². The number of carbonyl (C=O) groups is 2. The molecule has 6 nitrogen and oxygen atoms in total. The van der Waals surface area contributed by atoms with Crippen molar-refractivity contribution in [1.29, 1.82) is 0 Å². The fourth-order valence-electron chi connectivity index (χ4n) is 2.26. The van der Waals surface area contributed by atoms with Gasteiger partial charge in [0.25, 0.3) is 0 Å². The third-order valence-electron chi connectivity index (χ3n) is 3.43. The molecule has 1 aromatic rings. The van der Waals surface area contributed by atoms with Crippen LogP contribution in [0.2, 0.25) is 0 Å². The van der Waals surface area contributed by atoms with Crippen LogP contribution in [0.15, 0.2) is 28.7 Å². The van der Waals surface area contributed by atoms with Crippen LogP contribution < -0.4 is 10.6 Å². The smallest absolute Gasteiger partial charge is 0.321 e. The first-order chi connectivity index (χ1) is 10.5. The molecular weight excluding hydrogens is 352 g/mol. The molecule has 3 N–H and O–H groups in total. The number of hydrogen-bond acceptors (Lipinski definition) is 4. The SMILES string of the molecule is O=C(C[C@@H](NC[C@@H]1CCCO1)C(=O)O)Nc1ccc(Br)cc1. The van der Waals surface area contributed by atoms with Gasteiger partial charge in [-0.1, -0.05) is 15.9 Å². The molecule has 1 saturated heterocycles. The highest BCUT2D eigenvalue weighted by atomic mass is 79.9. The minimum Gasteiger partial charge on any atom is -0.480 e. The van der Waals surface area contributed by atoms with E-state index in [1.807, 2.05) is 0 Å². The topological polar surface area (TPSA) is 87.7 Å². The van der Waals surface area contributed by atoms with Crippen molar-refractivity contribution >= 4 is 33.5 Å². The van der Waals surface area contributed by atoms with Crippen LogP contribution in [-0.4, -0.2) is 42.3 Å². The van der Waals surface area contributed by atoms with E-state index in [1.165, 1.54) is 0 Å². The minimum atomic E-state index is -1.04. The molecule has 0 aliphatic carbocycles. The van der Waals surface area contributed by atoms with E-state index in [1.54, 1.807) is 24.3 Å². The zero-order valence-electron chi connectivity index (χ0n) is 12.0. The highest BCUT2D eigenvalue weighted by Gasteiger charge is 2.23. The lowest BCUT2D eigenvalue weighted by Crippen LogP contribution is -2.43. The zero-order valence-corrected chi connectivity index (χ0v) is 13.6. The molecular formula is C15H19BrN2O4. The maximum Gasteiger partial charge on any atom is 0.321 e. The molecule has 1 aromatic carbocycles. The van der Waals surface area contributed by atoms with E-state index in [4.69, 9.17) is 4.74 Å². The highest BCUT2D eigenvalue weighted by Crippen LogP contribution is 2.15. The number of hydrogen-bond donors (Lipinski definition) is 3. The van der Waals surface area contributed by atoms with Gasteiger partial charge >= 0.3 is 5.97 Å². The summed E-state index contributed by atoms with van der Waals surface area (Å²) in [6, 6.07) is 6.19. The third kappa shape index (κ3) is 5.40. The molecule has 22 heavy (non-hydrogen) atoms. The Morgan fingerprint density at radius 1 is 1.36 bits per heavy atom. The number of rotatable bonds is 7. The van der Waals surface area contributed by atoms with E-state index < -0.39 is 12.0 Å². The van der Waals surface area contributed by atoms with Crippen LogP contribution in [0.3, 0.4) is 0 Å². The molecule has 0 unspecified atom stereocenters. The molecule has 2 atom stereocenters. The van der Waals surface area contributed by atoms with Gasteiger partial charge < -0.3 is 20.5 Å². The lowest BCUT2D eigenvalue weighted by atomic mass is 10.1. The van der Waals surface area contributed by atoms with Gasteiger partial charge in [-0.2, -0.15) is 0 Å². The second kappa shape index (κ2) is 8.26. The van der Waals surface area contributed by atoms with Crippen LogP contribution in [0, 0.1) is 0 Å². The quantitative estimate of drug-likeness (QED) is 0.683. The molecule has 0 spiro atoms. The van der Waals surface area contributed by atoms with E-state index in [-0.39, 0.29) is 18.4 Å². The van der Waals surface area contributed by atoms with Crippen LogP contribution in [0.1, 0.15) is 19.3 Å².